The largest absolute Gasteiger partial charge is 0.481 e. The first kappa shape index (κ1) is 14.0. The highest BCUT2D eigenvalue weighted by Gasteiger charge is 2.44. The second-order valence-electron chi connectivity index (χ2n) is 5.39. The molecule has 1 saturated heterocycles. The van der Waals surface area contributed by atoms with E-state index in [1.807, 2.05) is 13.8 Å². The molecule has 1 aliphatic rings. The molecule has 0 radical (unpaired) electrons. The third-order valence-electron chi connectivity index (χ3n) is 4.41. The van der Waals surface area contributed by atoms with Gasteiger partial charge in [0.25, 0.3) is 0 Å². The number of halogens is 1. The average Bonchev–Trinajstić information content (AvgIpc) is 2.84. The quantitative estimate of drug-likeness (QED) is 0.909. The van der Waals surface area contributed by atoms with Gasteiger partial charge in [0.05, 0.1) is 5.41 Å². The Kier molecular flexibility index (Phi) is 3.90. The third kappa shape index (κ3) is 2.63. The van der Waals surface area contributed by atoms with Crippen LogP contribution in [0.15, 0.2) is 24.3 Å². The van der Waals surface area contributed by atoms with E-state index in [4.69, 9.17) is 0 Å². The molecule has 2 atom stereocenters. The predicted molar refractivity (Wildman–Crippen MR) is 71.4 cm³/mol. The molecular weight excluding hydrogens is 245 g/mol. The Hall–Kier alpha value is -1.42. The van der Waals surface area contributed by atoms with E-state index in [9.17, 15) is 14.3 Å². The van der Waals surface area contributed by atoms with Gasteiger partial charge in [0, 0.05) is 12.6 Å². The molecule has 1 aromatic carbocycles. The number of carboxylic acids is 1. The lowest BCUT2D eigenvalue weighted by Gasteiger charge is -2.27. The standard InChI is InChI=1S/C15H20FNO2/c1-3-15(14(18)19)8-9-17(10-15)11(2)12-4-6-13(16)7-5-12/h4-7,11H,3,8-10H2,1-2H3,(H,18,19). The fourth-order valence-corrected chi connectivity index (χ4v) is 2.80. The first-order valence-electron chi connectivity index (χ1n) is 6.71. The van der Waals surface area contributed by atoms with Gasteiger partial charge >= 0.3 is 5.97 Å². The molecule has 3 nitrogen and oxygen atoms in total. The van der Waals surface area contributed by atoms with Gasteiger partial charge in [0.15, 0.2) is 0 Å². The lowest BCUT2D eigenvalue weighted by atomic mass is 9.84. The van der Waals surface area contributed by atoms with Crippen molar-refractivity contribution in [1.82, 2.24) is 4.90 Å². The highest BCUT2D eigenvalue weighted by molar-refractivity contribution is 5.75. The lowest BCUT2D eigenvalue weighted by molar-refractivity contribution is -0.148. The van der Waals surface area contributed by atoms with Crippen LogP contribution in [0.25, 0.3) is 0 Å². The number of carbonyl (C=O) groups is 1. The normalized spacial score (nSPS) is 25.4. The topological polar surface area (TPSA) is 40.5 Å². The van der Waals surface area contributed by atoms with Gasteiger partial charge in [0.1, 0.15) is 5.82 Å². The molecule has 19 heavy (non-hydrogen) atoms. The van der Waals surface area contributed by atoms with Crippen molar-refractivity contribution in [3.8, 4) is 0 Å². The molecule has 2 rings (SSSR count). The van der Waals surface area contributed by atoms with Crippen molar-refractivity contribution in [3.05, 3.63) is 35.6 Å². The lowest BCUT2D eigenvalue weighted by Crippen LogP contribution is -2.35. The fourth-order valence-electron chi connectivity index (χ4n) is 2.80. The summed E-state index contributed by atoms with van der Waals surface area (Å²) in [6.45, 7) is 5.32. The molecule has 1 aromatic rings. The minimum absolute atomic E-state index is 0.119. The van der Waals surface area contributed by atoms with E-state index in [2.05, 4.69) is 4.90 Å². The van der Waals surface area contributed by atoms with E-state index in [1.165, 1.54) is 12.1 Å². The van der Waals surface area contributed by atoms with Crippen LogP contribution in [0.2, 0.25) is 0 Å². The zero-order valence-corrected chi connectivity index (χ0v) is 11.4. The van der Waals surface area contributed by atoms with Gasteiger partial charge < -0.3 is 5.11 Å². The highest BCUT2D eigenvalue weighted by Crippen LogP contribution is 2.38. The van der Waals surface area contributed by atoms with Gasteiger partial charge in [-0.15, -0.1) is 0 Å². The van der Waals surface area contributed by atoms with Crippen LogP contribution in [0.3, 0.4) is 0 Å². The van der Waals surface area contributed by atoms with Crippen molar-refractivity contribution in [2.75, 3.05) is 13.1 Å². The summed E-state index contributed by atoms with van der Waals surface area (Å²) in [6, 6.07) is 6.56. The highest BCUT2D eigenvalue weighted by atomic mass is 19.1. The SMILES string of the molecule is CCC1(C(=O)O)CCN(C(C)c2ccc(F)cc2)C1. The van der Waals surface area contributed by atoms with Crippen molar-refractivity contribution in [3.63, 3.8) is 0 Å². The van der Waals surface area contributed by atoms with E-state index in [1.54, 1.807) is 12.1 Å². The minimum Gasteiger partial charge on any atom is -0.481 e. The molecule has 0 bridgehead atoms. The zero-order chi connectivity index (χ0) is 14.0. The number of hydrogen-bond donors (Lipinski definition) is 1. The maximum absolute atomic E-state index is 12.9. The van der Waals surface area contributed by atoms with Crippen molar-refractivity contribution >= 4 is 5.97 Å². The first-order valence-corrected chi connectivity index (χ1v) is 6.71. The maximum Gasteiger partial charge on any atom is 0.310 e. The molecule has 0 saturated carbocycles. The molecular formula is C15H20FNO2. The monoisotopic (exact) mass is 265 g/mol. The number of rotatable bonds is 4. The molecule has 1 fully saturated rings. The van der Waals surface area contributed by atoms with Gasteiger partial charge in [-0.3, -0.25) is 9.69 Å². The Morgan fingerprint density at radius 2 is 2.11 bits per heavy atom. The summed E-state index contributed by atoms with van der Waals surface area (Å²) in [5.41, 5.74) is 0.410. The average molecular weight is 265 g/mol. The summed E-state index contributed by atoms with van der Waals surface area (Å²) in [6.07, 6.45) is 1.33. The van der Waals surface area contributed by atoms with Gasteiger partial charge in [0.2, 0.25) is 0 Å². The number of benzene rings is 1. The number of nitrogens with zero attached hydrogens (tertiary/aromatic N) is 1. The third-order valence-corrected chi connectivity index (χ3v) is 4.41. The smallest absolute Gasteiger partial charge is 0.310 e. The Balaban J connectivity index is 2.12. The molecule has 2 unspecified atom stereocenters. The van der Waals surface area contributed by atoms with Gasteiger partial charge in [-0.25, -0.2) is 4.39 Å². The molecule has 104 valence electrons. The van der Waals surface area contributed by atoms with Crippen LogP contribution in [-0.4, -0.2) is 29.1 Å². The zero-order valence-electron chi connectivity index (χ0n) is 11.4. The predicted octanol–water partition coefficient (Wildman–Crippen LogP) is 3.07. The fraction of sp³-hybridized carbons (Fsp3) is 0.533. The molecule has 1 N–H and O–H groups in total. The van der Waals surface area contributed by atoms with Gasteiger partial charge in [-0.05, 0) is 44.0 Å². The molecule has 1 heterocycles. The van der Waals surface area contributed by atoms with E-state index >= 15 is 0 Å². The van der Waals surface area contributed by atoms with Crippen molar-refractivity contribution in [2.24, 2.45) is 5.41 Å². The van der Waals surface area contributed by atoms with E-state index < -0.39 is 11.4 Å². The van der Waals surface area contributed by atoms with Crippen LogP contribution in [0.4, 0.5) is 4.39 Å². The Morgan fingerprint density at radius 1 is 1.47 bits per heavy atom. The molecule has 4 heteroatoms. The van der Waals surface area contributed by atoms with E-state index in [-0.39, 0.29) is 11.9 Å². The summed E-state index contributed by atoms with van der Waals surface area (Å²) < 4.78 is 12.9. The summed E-state index contributed by atoms with van der Waals surface area (Å²) in [7, 11) is 0. The first-order chi connectivity index (χ1) is 8.98. The Morgan fingerprint density at radius 3 is 2.58 bits per heavy atom. The number of carboxylic acid groups (broad SMARTS) is 1. The van der Waals surface area contributed by atoms with Gasteiger partial charge in [-0.1, -0.05) is 19.1 Å². The van der Waals surface area contributed by atoms with Crippen molar-refractivity contribution in [2.45, 2.75) is 32.7 Å². The van der Waals surface area contributed by atoms with Crippen LogP contribution in [0.5, 0.6) is 0 Å². The van der Waals surface area contributed by atoms with Crippen LogP contribution in [0.1, 0.15) is 38.3 Å². The molecule has 0 amide bonds. The van der Waals surface area contributed by atoms with Crippen LogP contribution in [-0.2, 0) is 4.79 Å². The van der Waals surface area contributed by atoms with Crippen molar-refractivity contribution < 1.29 is 14.3 Å². The number of likely N-dealkylation sites (tertiary alicyclic amines) is 1. The van der Waals surface area contributed by atoms with Crippen LogP contribution in [0, 0.1) is 11.2 Å². The Bertz CT molecular complexity index is 460. The molecule has 0 spiro atoms. The molecule has 0 aliphatic carbocycles. The maximum atomic E-state index is 12.9. The van der Waals surface area contributed by atoms with Gasteiger partial charge in [-0.2, -0.15) is 0 Å². The molecule has 1 aliphatic heterocycles. The minimum atomic E-state index is -0.705. The Labute approximate surface area is 113 Å². The second-order valence-corrected chi connectivity index (χ2v) is 5.39. The van der Waals surface area contributed by atoms with E-state index in [0.29, 0.717) is 19.4 Å². The van der Waals surface area contributed by atoms with Crippen LogP contribution < -0.4 is 0 Å². The number of aliphatic carboxylic acids is 1. The summed E-state index contributed by atoms with van der Waals surface area (Å²) in [5.74, 6) is -0.949. The molecule has 0 aromatic heterocycles. The summed E-state index contributed by atoms with van der Waals surface area (Å²) in [5, 5.41) is 9.39. The summed E-state index contributed by atoms with van der Waals surface area (Å²) >= 11 is 0. The van der Waals surface area contributed by atoms with Crippen LogP contribution >= 0.6 is 0 Å². The van der Waals surface area contributed by atoms with Crippen molar-refractivity contribution in [1.29, 1.82) is 0 Å². The summed E-state index contributed by atoms with van der Waals surface area (Å²) in [4.78, 5) is 13.6. The van der Waals surface area contributed by atoms with E-state index in [0.717, 1.165) is 12.1 Å². The second kappa shape index (κ2) is 5.29. The number of hydrogen-bond acceptors (Lipinski definition) is 2.